The van der Waals surface area contributed by atoms with E-state index in [1.165, 1.54) is 0 Å². The highest BCUT2D eigenvalue weighted by Gasteiger charge is 2.72. The van der Waals surface area contributed by atoms with Crippen LogP contribution in [0.4, 0.5) is 0 Å². The molecule has 0 spiro atoms. The van der Waals surface area contributed by atoms with Gasteiger partial charge in [0, 0.05) is 0 Å². The average Bonchev–Trinajstić information content (AvgIpc) is 2.99. The van der Waals surface area contributed by atoms with Crippen molar-refractivity contribution in [3.05, 3.63) is 11.6 Å². The highest BCUT2D eigenvalue weighted by molar-refractivity contribution is 5.80. The van der Waals surface area contributed by atoms with Crippen LogP contribution in [0.2, 0.25) is 0 Å². The van der Waals surface area contributed by atoms with E-state index < -0.39 is 77.7 Å². The Bertz CT molecular complexity index is 1310. The Labute approximate surface area is 277 Å². The van der Waals surface area contributed by atoms with Crippen molar-refractivity contribution in [1.29, 1.82) is 0 Å². The molecule has 0 amide bonds. The van der Waals surface area contributed by atoms with Crippen molar-refractivity contribution in [3.8, 4) is 0 Å². The third kappa shape index (κ3) is 4.62. The smallest absolute Gasteiger partial charge is 0.317 e. The fraction of sp³-hybridized carbons (Fsp3) is 0.889. The number of rotatable bonds is 4. The maximum absolute atomic E-state index is 14.4. The minimum atomic E-state index is -1.74. The number of hydrogen-bond donors (Lipinski definition) is 7. The predicted molar refractivity (Wildman–Crippen MR) is 168 cm³/mol. The summed E-state index contributed by atoms with van der Waals surface area (Å²) >= 11 is 0. The molecule has 1 aliphatic heterocycles. The van der Waals surface area contributed by atoms with Crippen LogP contribution in [0.5, 0.6) is 0 Å². The lowest BCUT2D eigenvalue weighted by Crippen LogP contribution is -2.68. The van der Waals surface area contributed by atoms with Crippen LogP contribution in [0.3, 0.4) is 0 Å². The summed E-state index contributed by atoms with van der Waals surface area (Å²) in [5.41, 5.74) is -2.77. The monoisotopic (exact) mass is 664 g/mol. The molecule has 6 aliphatic rings. The lowest BCUT2D eigenvalue weighted by molar-refractivity contribution is -0.299. The second kappa shape index (κ2) is 11.2. The number of carboxylic acids is 1. The van der Waals surface area contributed by atoms with Crippen LogP contribution in [-0.4, -0.2) is 97.2 Å². The lowest BCUT2D eigenvalue weighted by Gasteiger charge is -2.71. The number of esters is 1. The summed E-state index contributed by atoms with van der Waals surface area (Å²) in [6.07, 6.45) is -2.51. The summed E-state index contributed by atoms with van der Waals surface area (Å²) in [6.45, 7) is 12.1. The zero-order valence-corrected chi connectivity index (χ0v) is 28.7. The number of allylic oxidation sites excluding steroid dienone is 2. The Morgan fingerprint density at radius 2 is 1.53 bits per heavy atom. The van der Waals surface area contributed by atoms with Gasteiger partial charge >= 0.3 is 11.9 Å². The Hall–Kier alpha value is -1.60. The topological polar surface area (TPSA) is 194 Å². The van der Waals surface area contributed by atoms with Crippen LogP contribution < -0.4 is 0 Å². The molecule has 5 fully saturated rings. The largest absolute Gasteiger partial charge is 0.481 e. The van der Waals surface area contributed by atoms with Crippen molar-refractivity contribution in [2.45, 2.75) is 142 Å². The van der Waals surface area contributed by atoms with Gasteiger partial charge in [-0.3, -0.25) is 9.59 Å². The van der Waals surface area contributed by atoms with Gasteiger partial charge in [0.25, 0.3) is 0 Å². The van der Waals surface area contributed by atoms with Gasteiger partial charge in [0.05, 0.1) is 24.2 Å². The van der Waals surface area contributed by atoms with Crippen molar-refractivity contribution in [2.24, 2.45) is 50.2 Å². The third-order valence-corrected chi connectivity index (χ3v) is 15.2. The fourth-order valence-electron chi connectivity index (χ4n) is 12.1. The van der Waals surface area contributed by atoms with E-state index in [0.29, 0.717) is 44.9 Å². The highest BCUT2D eigenvalue weighted by atomic mass is 16.7. The Morgan fingerprint density at radius 3 is 2.17 bits per heavy atom. The van der Waals surface area contributed by atoms with Gasteiger partial charge in [-0.1, -0.05) is 46.3 Å². The molecule has 0 bridgehead atoms. The van der Waals surface area contributed by atoms with Gasteiger partial charge in [0.1, 0.15) is 29.8 Å². The predicted octanol–water partition coefficient (Wildman–Crippen LogP) is 2.53. The molecular weight excluding hydrogens is 608 g/mol. The van der Waals surface area contributed by atoms with Gasteiger partial charge in [0.15, 0.2) is 0 Å². The van der Waals surface area contributed by atoms with E-state index in [0.717, 1.165) is 18.4 Å². The zero-order valence-electron chi connectivity index (χ0n) is 28.7. The maximum atomic E-state index is 14.4. The normalized spacial score (nSPS) is 53.7. The summed E-state index contributed by atoms with van der Waals surface area (Å²) in [7, 11) is 0. The van der Waals surface area contributed by atoms with Gasteiger partial charge in [-0.15, -0.1) is 0 Å². The van der Waals surface area contributed by atoms with Crippen molar-refractivity contribution < 1.29 is 54.8 Å². The molecule has 7 N–H and O–H groups in total. The molecule has 47 heavy (non-hydrogen) atoms. The van der Waals surface area contributed by atoms with Crippen molar-refractivity contribution in [3.63, 3.8) is 0 Å². The molecule has 0 aromatic heterocycles. The summed E-state index contributed by atoms with van der Waals surface area (Å²) in [5.74, 6) is -2.16. The van der Waals surface area contributed by atoms with E-state index in [1.54, 1.807) is 6.92 Å². The Kier molecular flexibility index (Phi) is 8.40. The van der Waals surface area contributed by atoms with Crippen LogP contribution in [0.25, 0.3) is 0 Å². The van der Waals surface area contributed by atoms with E-state index in [2.05, 4.69) is 40.7 Å². The van der Waals surface area contributed by atoms with Crippen molar-refractivity contribution in [1.82, 2.24) is 0 Å². The van der Waals surface area contributed by atoms with Crippen LogP contribution in [0, 0.1) is 50.2 Å². The maximum Gasteiger partial charge on any atom is 0.317 e. The Balaban J connectivity index is 1.39. The number of aliphatic hydroxyl groups excluding tert-OH is 6. The van der Waals surface area contributed by atoms with Gasteiger partial charge in [-0.05, 0) is 104 Å². The number of carboxylic acid groups (broad SMARTS) is 1. The third-order valence-electron chi connectivity index (χ3n) is 15.2. The number of aliphatic hydroxyl groups is 6. The van der Waals surface area contributed by atoms with Crippen molar-refractivity contribution in [2.75, 3.05) is 6.61 Å². The molecular formula is C36H56O11. The molecule has 4 saturated carbocycles. The second-order valence-electron chi connectivity index (χ2n) is 17.7. The minimum absolute atomic E-state index is 0.103. The fourth-order valence-corrected chi connectivity index (χ4v) is 12.1. The van der Waals surface area contributed by atoms with E-state index >= 15 is 0 Å². The van der Waals surface area contributed by atoms with E-state index in [1.807, 2.05) is 0 Å². The number of aliphatic carboxylic acids is 1. The van der Waals surface area contributed by atoms with E-state index in [4.69, 9.17) is 9.47 Å². The number of carbonyl (C=O) groups excluding carboxylic acids is 1. The molecule has 0 aromatic carbocycles. The minimum Gasteiger partial charge on any atom is -0.481 e. The van der Waals surface area contributed by atoms with Crippen LogP contribution in [-0.2, 0) is 19.1 Å². The molecule has 0 aromatic rings. The Morgan fingerprint density at radius 1 is 0.851 bits per heavy atom. The first kappa shape index (κ1) is 35.2. The molecule has 11 nitrogen and oxygen atoms in total. The molecule has 0 radical (unpaired) electrons. The van der Waals surface area contributed by atoms with Gasteiger partial charge < -0.3 is 45.2 Å². The van der Waals surface area contributed by atoms with Gasteiger partial charge in [0.2, 0.25) is 6.29 Å². The molecule has 11 heteroatoms. The molecule has 5 aliphatic carbocycles. The summed E-state index contributed by atoms with van der Waals surface area (Å²) < 4.78 is 11.4. The standard InChI is InChI=1S/C36H56O11/c1-31(2)13-14-36(30(45)47-28-27(42)26(41)25(40)20(17-37)46-28)19(15-31)18-7-8-21-32(3)11-10-23(38)35(6,29(43)44)22(32)9-12-33(21,4)34(18,5)16-24(36)39/h7,19-28,37-42H,8-17H2,1-6H3,(H,43,44). The quantitative estimate of drug-likeness (QED) is 0.172. The number of fused-ring (bicyclic) bond motifs is 7. The molecule has 1 heterocycles. The number of carbonyl (C=O) groups is 2. The molecule has 6 rings (SSSR count). The molecule has 15 atom stereocenters. The summed E-state index contributed by atoms with van der Waals surface area (Å²) in [5, 5.41) is 74.7. The zero-order chi connectivity index (χ0) is 34.7. The SMILES string of the molecule is CC1(C)CCC2(C(=O)OC3OC(CO)C(O)C(O)C3O)C(O)CC3(C)C(=CCC4C5(C)CCC(O)C(C)(C(=O)O)C5CCC43C)C2C1. The molecule has 266 valence electrons. The van der Waals surface area contributed by atoms with Crippen LogP contribution >= 0.6 is 0 Å². The molecule has 15 unspecified atom stereocenters. The van der Waals surface area contributed by atoms with Gasteiger partial charge in [-0.2, -0.15) is 0 Å². The second-order valence-corrected chi connectivity index (χ2v) is 17.7. The summed E-state index contributed by atoms with van der Waals surface area (Å²) in [6, 6.07) is 0. The van der Waals surface area contributed by atoms with Crippen LogP contribution in [0.1, 0.15) is 99.3 Å². The van der Waals surface area contributed by atoms with Crippen molar-refractivity contribution >= 4 is 11.9 Å². The first-order chi connectivity index (χ1) is 21.7. The van der Waals surface area contributed by atoms with Crippen LogP contribution in [0.15, 0.2) is 11.6 Å². The average molecular weight is 665 g/mol. The van der Waals surface area contributed by atoms with Gasteiger partial charge in [-0.25, -0.2) is 0 Å². The number of hydrogen-bond acceptors (Lipinski definition) is 10. The lowest BCUT2D eigenvalue weighted by atomic mass is 9.33. The first-order valence-corrected chi connectivity index (χ1v) is 17.6. The highest BCUT2D eigenvalue weighted by Crippen LogP contribution is 2.76. The molecule has 1 saturated heterocycles. The number of ether oxygens (including phenoxy) is 2. The van der Waals surface area contributed by atoms with E-state index in [9.17, 15) is 45.3 Å². The first-order valence-electron chi connectivity index (χ1n) is 17.6. The summed E-state index contributed by atoms with van der Waals surface area (Å²) in [4.78, 5) is 27.1. The van der Waals surface area contributed by atoms with E-state index in [-0.39, 0.29) is 34.0 Å².